The number of rotatable bonds is 3. The molecule has 4 nitrogen and oxygen atoms in total. The topological polar surface area (TPSA) is 37.3 Å². The SMILES string of the molecule is O=C(NCc1ccccc1)N1CCn2cccc2C1c1ccccc1F. The van der Waals surface area contributed by atoms with Gasteiger partial charge >= 0.3 is 6.03 Å². The van der Waals surface area contributed by atoms with Crippen molar-refractivity contribution in [2.24, 2.45) is 0 Å². The minimum absolute atomic E-state index is 0.186. The normalized spacial score (nSPS) is 16.2. The van der Waals surface area contributed by atoms with E-state index in [9.17, 15) is 9.18 Å². The number of amides is 2. The average Bonchev–Trinajstić information content (AvgIpc) is 3.15. The molecule has 0 bridgehead atoms. The van der Waals surface area contributed by atoms with Gasteiger partial charge in [0.2, 0.25) is 0 Å². The molecule has 132 valence electrons. The van der Waals surface area contributed by atoms with Crippen LogP contribution in [-0.2, 0) is 13.1 Å². The Kier molecular flexibility index (Phi) is 4.44. The zero-order valence-corrected chi connectivity index (χ0v) is 14.3. The van der Waals surface area contributed by atoms with Gasteiger partial charge in [-0.1, -0.05) is 48.5 Å². The monoisotopic (exact) mass is 349 g/mol. The fourth-order valence-electron chi connectivity index (χ4n) is 3.50. The fraction of sp³-hybridized carbons (Fsp3) is 0.190. The smallest absolute Gasteiger partial charge is 0.318 e. The van der Waals surface area contributed by atoms with E-state index in [4.69, 9.17) is 0 Å². The number of carbonyl (C=O) groups excluding carboxylic acids is 1. The van der Waals surface area contributed by atoms with Gasteiger partial charge in [-0.3, -0.25) is 0 Å². The van der Waals surface area contributed by atoms with Crippen LogP contribution in [0, 0.1) is 5.82 Å². The van der Waals surface area contributed by atoms with Gasteiger partial charge in [-0.05, 0) is 23.8 Å². The highest BCUT2D eigenvalue weighted by molar-refractivity contribution is 5.75. The van der Waals surface area contributed by atoms with Crippen LogP contribution in [-0.4, -0.2) is 22.0 Å². The molecule has 3 aromatic rings. The maximum atomic E-state index is 14.5. The quantitative estimate of drug-likeness (QED) is 0.764. The number of benzene rings is 2. The van der Waals surface area contributed by atoms with Crippen molar-refractivity contribution in [2.45, 2.75) is 19.1 Å². The van der Waals surface area contributed by atoms with Crippen molar-refractivity contribution < 1.29 is 9.18 Å². The van der Waals surface area contributed by atoms with E-state index in [1.807, 2.05) is 48.7 Å². The van der Waals surface area contributed by atoms with Crippen LogP contribution >= 0.6 is 0 Å². The highest BCUT2D eigenvalue weighted by atomic mass is 19.1. The lowest BCUT2D eigenvalue weighted by Gasteiger charge is -2.37. The Balaban J connectivity index is 1.62. The Morgan fingerprint density at radius 3 is 2.58 bits per heavy atom. The molecule has 5 heteroatoms. The third-order valence-electron chi connectivity index (χ3n) is 4.79. The van der Waals surface area contributed by atoms with Gasteiger partial charge in [0.1, 0.15) is 11.9 Å². The summed E-state index contributed by atoms with van der Waals surface area (Å²) >= 11 is 0. The summed E-state index contributed by atoms with van der Waals surface area (Å²) < 4.78 is 16.6. The molecule has 2 heterocycles. The minimum atomic E-state index is -0.435. The van der Waals surface area contributed by atoms with Gasteiger partial charge in [0.15, 0.2) is 0 Å². The molecule has 1 aromatic heterocycles. The van der Waals surface area contributed by atoms with E-state index < -0.39 is 6.04 Å². The predicted octanol–water partition coefficient (Wildman–Crippen LogP) is 3.94. The molecule has 1 aliphatic rings. The molecule has 0 fully saturated rings. The fourth-order valence-corrected chi connectivity index (χ4v) is 3.50. The molecule has 0 saturated carbocycles. The Labute approximate surface area is 151 Å². The van der Waals surface area contributed by atoms with Crippen molar-refractivity contribution >= 4 is 6.03 Å². The van der Waals surface area contributed by atoms with Crippen LogP contribution in [0.4, 0.5) is 9.18 Å². The highest BCUT2D eigenvalue weighted by Crippen LogP contribution is 2.33. The molecule has 1 unspecified atom stereocenters. The van der Waals surface area contributed by atoms with Crippen molar-refractivity contribution in [1.29, 1.82) is 0 Å². The summed E-state index contributed by atoms with van der Waals surface area (Å²) in [4.78, 5) is 14.6. The number of nitrogens with one attached hydrogen (secondary N) is 1. The van der Waals surface area contributed by atoms with E-state index in [0.29, 0.717) is 25.2 Å². The number of carbonyl (C=O) groups is 1. The van der Waals surface area contributed by atoms with Crippen LogP contribution in [0.25, 0.3) is 0 Å². The Bertz CT molecular complexity index is 906. The summed E-state index contributed by atoms with van der Waals surface area (Å²) in [7, 11) is 0. The van der Waals surface area contributed by atoms with Crippen LogP contribution < -0.4 is 5.32 Å². The van der Waals surface area contributed by atoms with E-state index >= 15 is 0 Å². The second-order valence-corrected chi connectivity index (χ2v) is 6.39. The maximum Gasteiger partial charge on any atom is 0.318 e. The number of hydrogen-bond donors (Lipinski definition) is 1. The minimum Gasteiger partial charge on any atom is -0.348 e. The Morgan fingerprint density at radius 2 is 1.77 bits per heavy atom. The zero-order chi connectivity index (χ0) is 17.9. The van der Waals surface area contributed by atoms with Crippen LogP contribution in [0.5, 0.6) is 0 Å². The molecular weight excluding hydrogens is 329 g/mol. The second-order valence-electron chi connectivity index (χ2n) is 6.39. The summed E-state index contributed by atoms with van der Waals surface area (Å²) in [6.07, 6.45) is 1.97. The van der Waals surface area contributed by atoms with E-state index in [1.54, 1.807) is 23.1 Å². The first kappa shape index (κ1) is 16.4. The molecule has 2 amide bonds. The summed E-state index contributed by atoms with van der Waals surface area (Å²) in [5, 5.41) is 2.97. The van der Waals surface area contributed by atoms with Crippen molar-refractivity contribution in [3.63, 3.8) is 0 Å². The molecular formula is C21H20FN3O. The van der Waals surface area contributed by atoms with Gasteiger partial charge in [0.05, 0.1) is 0 Å². The highest BCUT2D eigenvalue weighted by Gasteiger charge is 2.33. The molecule has 0 radical (unpaired) electrons. The van der Waals surface area contributed by atoms with Crippen molar-refractivity contribution in [3.8, 4) is 0 Å². The molecule has 4 rings (SSSR count). The number of aromatic nitrogens is 1. The average molecular weight is 349 g/mol. The second kappa shape index (κ2) is 7.04. The Hall–Kier alpha value is -3.08. The lowest BCUT2D eigenvalue weighted by Crippen LogP contribution is -2.47. The molecule has 1 atom stereocenters. The van der Waals surface area contributed by atoms with Crippen LogP contribution in [0.15, 0.2) is 72.9 Å². The van der Waals surface area contributed by atoms with E-state index in [-0.39, 0.29) is 11.8 Å². The van der Waals surface area contributed by atoms with Gasteiger partial charge in [0, 0.05) is 37.1 Å². The standard InChI is InChI=1S/C21H20FN3O/c22-18-10-5-4-9-17(18)20-19-11-6-12-24(19)13-14-25(20)21(26)23-15-16-7-2-1-3-8-16/h1-12,20H,13-15H2,(H,23,26). The molecule has 26 heavy (non-hydrogen) atoms. The first-order valence-corrected chi connectivity index (χ1v) is 8.72. The molecule has 0 spiro atoms. The van der Waals surface area contributed by atoms with Gasteiger partial charge in [-0.15, -0.1) is 0 Å². The van der Waals surface area contributed by atoms with E-state index in [1.165, 1.54) is 6.07 Å². The number of fused-ring (bicyclic) bond motifs is 1. The van der Waals surface area contributed by atoms with Crippen molar-refractivity contribution in [2.75, 3.05) is 6.54 Å². The third kappa shape index (κ3) is 3.08. The lowest BCUT2D eigenvalue weighted by atomic mass is 9.99. The lowest BCUT2D eigenvalue weighted by molar-refractivity contribution is 0.167. The van der Waals surface area contributed by atoms with Crippen molar-refractivity contribution in [3.05, 3.63) is 95.6 Å². The van der Waals surface area contributed by atoms with Crippen molar-refractivity contribution in [1.82, 2.24) is 14.8 Å². The van der Waals surface area contributed by atoms with Gasteiger partial charge in [-0.2, -0.15) is 0 Å². The molecule has 2 aromatic carbocycles. The number of hydrogen-bond acceptors (Lipinski definition) is 1. The molecule has 0 aliphatic carbocycles. The molecule has 1 aliphatic heterocycles. The largest absolute Gasteiger partial charge is 0.348 e. The van der Waals surface area contributed by atoms with E-state index in [2.05, 4.69) is 9.88 Å². The summed E-state index contributed by atoms with van der Waals surface area (Å²) in [6, 6.07) is 19.7. The van der Waals surface area contributed by atoms with E-state index in [0.717, 1.165) is 11.3 Å². The van der Waals surface area contributed by atoms with Gasteiger partial charge in [0.25, 0.3) is 0 Å². The van der Waals surface area contributed by atoms with Crippen LogP contribution in [0.2, 0.25) is 0 Å². The summed E-state index contributed by atoms with van der Waals surface area (Å²) in [6.45, 7) is 1.68. The molecule has 1 N–H and O–H groups in total. The predicted molar refractivity (Wildman–Crippen MR) is 98.1 cm³/mol. The number of urea groups is 1. The third-order valence-corrected chi connectivity index (χ3v) is 4.79. The summed E-state index contributed by atoms with van der Waals surface area (Å²) in [5.41, 5.74) is 2.47. The number of halogens is 1. The number of nitrogens with zero attached hydrogens (tertiary/aromatic N) is 2. The maximum absolute atomic E-state index is 14.5. The van der Waals surface area contributed by atoms with Crippen LogP contribution in [0.1, 0.15) is 22.9 Å². The van der Waals surface area contributed by atoms with Gasteiger partial charge < -0.3 is 14.8 Å². The Morgan fingerprint density at radius 1 is 1.00 bits per heavy atom. The zero-order valence-electron chi connectivity index (χ0n) is 14.3. The van der Waals surface area contributed by atoms with Crippen LogP contribution in [0.3, 0.4) is 0 Å². The first-order chi connectivity index (χ1) is 12.7. The first-order valence-electron chi connectivity index (χ1n) is 8.72. The van der Waals surface area contributed by atoms with Gasteiger partial charge in [-0.25, -0.2) is 9.18 Å². The molecule has 0 saturated heterocycles. The summed E-state index contributed by atoms with van der Waals surface area (Å²) in [5.74, 6) is -0.298.